The van der Waals surface area contributed by atoms with E-state index in [4.69, 9.17) is 11.6 Å². The van der Waals surface area contributed by atoms with E-state index < -0.39 is 11.5 Å². The summed E-state index contributed by atoms with van der Waals surface area (Å²) in [6, 6.07) is 5.05. The number of aryl methyl sites for hydroxylation is 1. The molecule has 102 valence electrons. The van der Waals surface area contributed by atoms with Crippen molar-refractivity contribution in [2.24, 2.45) is 0 Å². The number of benzene rings is 1. The Morgan fingerprint density at radius 1 is 1.42 bits per heavy atom. The van der Waals surface area contributed by atoms with Crippen LogP contribution in [0.4, 0.5) is 0 Å². The quantitative estimate of drug-likeness (QED) is 0.907. The van der Waals surface area contributed by atoms with Crippen LogP contribution in [0.2, 0.25) is 5.02 Å². The fraction of sp³-hybridized carbons (Fsp3) is 0.429. The van der Waals surface area contributed by atoms with Crippen molar-refractivity contribution >= 4 is 23.5 Å². The highest BCUT2D eigenvalue weighted by molar-refractivity contribution is 6.31. The second kappa shape index (κ2) is 4.85. The molecule has 1 saturated heterocycles. The molecule has 0 aliphatic carbocycles. The van der Waals surface area contributed by atoms with Gasteiger partial charge in [0.2, 0.25) is 0 Å². The first-order valence-corrected chi connectivity index (χ1v) is 6.55. The Morgan fingerprint density at radius 3 is 2.68 bits per heavy atom. The summed E-state index contributed by atoms with van der Waals surface area (Å²) < 4.78 is 0. The summed E-state index contributed by atoms with van der Waals surface area (Å²) in [5.74, 6) is -1.24. The summed E-state index contributed by atoms with van der Waals surface area (Å²) in [6.07, 6.45) is 1.18. The number of hydrogen-bond donors (Lipinski definition) is 1. The average molecular weight is 282 g/mol. The van der Waals surface area contributed by atoms with E-state index in [2.05, 4.69) is 0 Å². The lowest BCUT2D eigenvalue weighted by Gasteiger charge is -2.31. The number of carboxylic acids is 1. The molecule has 0 spiro atoms. The molecule has 1 aromatic rings. The second-order valence-electron chi connectivity index (χ2n) is 5.10. The van der Waals surface area contributed by atoms with Crippen molar-refractivity contribution in [3.05, 3.63) is 34.3 Å². The van der Waals surface area contributed by atoms with Crippen molar-refractivity contribution < 1.29 is 14.7 Å². The number of aliphatic carboxylic acids is 1. The lowest BCUT2D eigenvalue weighted by molar-refractivity contribution is -0.147. The molecule has 1 aliphatic rings. The molecule has 1 amide bonds. The third-order valence-corrected chi connectivity index (χ3v) is 4.17. The topological polar surface area (TPSA) is 57.6 Å². The molecule has 1 aliphatic heterocycles. The van der Waals surface area contributed by atoms with Gasteiger partial charge in [-0.2, -0.15) is 0 Å². The van der Waals surface area contributed by atoms with Crippen LogP contribution >= 0.6 is 11.6 Å². The smallest absolute Gasteiger partial charge is 0.329 e. The van der Waals surface area contributed by atoms with Crippen molar-refractivity contribution in [1.82, 2.24) is 4.90 Å². The summed E-state index contributed by atoms with van der Waals surface area (Å²) in [6.45, 7) is 3.91. The van der Waals surface area contributed by atoms with E-state index in [0.717, 1.165) is 5.56 Å². The Labute approximate surface area is 117 Å². The Kier molecular flexibility index (Phi) is 3.54. The van der Waals surface area contributed by atoms with Crippen molar-refractivity contribution in [2.75, 3.05) is 6.54 Å². The van der Waals surface area contributed by atoms with Gasteiger partial charge in [-0.1, -0.05) is 17.7 Å². The standard InChI is InChI=1S/C14H16ClNO3/c1-9-4-5-10(8-11(9)15)12(17)16-7-3-6-14(16,2)13(18)19/h4-5,8H,3,6-7H2,1-2H3,(H,18,19)/t14-/m0/s1. The van der Waals surface area contributed by atoms with Gasteiger partial charge in [-0.15, -0.1) is 0 Å². The number of rotatable bonds is 2. The molecule has 19 heavy (non-hydrogen) atoms. The van der Waals surface area contributed by atoms with Crippen LogP contribution in [0, 0.1) is 6.92 Å². The minimum absolute atomic E-state index is 0.274. The highest BCUT2D eigenvalue weighted by Gasteiger charge is 2.46. The molecule has 5 heteroatoms. The maximum Gasteiger partial charge on any atom is 0.329 e. The van der Waals surface area contributed by atoms with Crippen LogP contribution in [-0.2, 0) is 4.79 Å². The van der Waals surface area contributed by atoms with Crippen LogP contribution in [0.5, 0.6) is 0 Å². The summed E-state index contributed by atoms with van der Waals surface area (Å²) >= 11 is 6.01. The fourth-order valence-electron chi connectivity index (χ4n) is 2.39. The van der Waals surface area contributed by atoms with Gasteiger partial charge in [-0.3, -0.25) is 4.79 Å². The lowest BCUT2D eigenvalue weighted by Crippen LogP contribution is -2.50. The van der Waals surface area contributed by atoms with Gasteiger partial charge in [0.1, 0.15) is 5.54 Å². The predicted octanol–water partition coefficient (Wildman–Crippen LogP) is 2.73. The summed E-state index contributed by atoms with van der Waals surface area (Å²) in [7, 11) is 0. The largest absolute Gasteiger partial charge is 0.480 e. The third kappa shape index (κ3) is 2.32. The number of hydrogen-bond acceptors (Lipinski definition) is 2. The number of amides is 1. The number of carbonyl (C=O) groups excluding carboxylic acids is 1. The van der Waals surface area contributed by atoms with Crippen LogP contribution in [0.15, 0.2) is 18.2 Å². The van der Waals surface area contributed by atoms with E-state index in [9.17, 15) is 14.7 Å². The monoisotopic (exact) mass is 281 g/mol. The zero-order valence-electron chi connectivity index (χ0n) is 10.9. The average Bonchev–Trinajstić information content (AvgIpc) is 2.75. The molecule has 0 aromatic heterocycles. The van der Waals surface area contributed by atoms with E-state index in [1.54, 1.807) is 25.1 Å². The van der Waals surface area contributed by atoms with Gasteiger partial charge in [-0.05, 0) is 44.4 Å². The molecule has 1 heterocycles. The SMILES string of the molecule is Cc1ccc(C(=O)N2CCC[C@@]2(C)C(=O)O)cc1Cl. The first-order chi connectivity index (χ1) is 8.86. The van der Waals surface area contributed by atoms with Gasteiger partial charge >= 0.3 is 5.97 Å². The van der Waals surface area contributed by atoms with Crippen LogP contribution in [0.25, 0.3) is 0 Å². The van der Waals surface area contributed by atoms with E-state index in [0.29, 0.717) is 30.0 Å². The van der Waals surface area contributed by atoms with Gasteiger partial charge < -0.3 is 10.0 Å². The van der Waals surface area contributed by atoms with Crippen LogP contribution in [0.3, 0.4) is 0 Å². The maximum atomic E-state index is 12.4. The molecule has 1 aromatic carbocycles. The summed E-state index contributed by atoms with van der Waals surface area (Å²) in [4.78, 5) is 25.2. The molecule has 0 radical (unpaired) electrons. The molecule has 4 nitrogen and oxygen atoms in total. The molecule has 1 atom stereocenters. The first kappa shape index (κ1) is 13.9. The zero-order valence-corrected chi connectivity index (χ0v) is 11.7. The number of nitrogens with zero attached hydrogens (tertiary/aromatic N) is 1. The molecule has 0 saturated carbocycles. The van der Waals surface area contributed by atoms with Gasteiger partial charge in [0.15, 0.2) is 0 Å². The van der Waals surface area contributed by atoms with Crippen molar-refractivity contribution in [1.29, 1.82) is 0 Å². The van der Waals surface area contributed by atoms with E-state index in [1.807, 2.05) is 6.92 Å². The molecule has 1 N–H and O–H groups in total. The van der Waals surface area contributed by atoms with Gasteiger partial charge in [0.05, 0.1) is 0 Å². The molecule has 0 bridgehead atoms. The van der Waals surface area contributed by atoms with Crippen LogP contribution in [-0.4, -0.2) is 34.0 Å². The fourth-order valence-corrected chi connectivity index (χ4v) is 2.57. The Balaban J connectivity index is 2.33. The number of carbonyl (C=O) groups is 2. The van der Waals surface area contributed by atoms with Crippen molar-refractivity contribution in [3.8, 4) is 0 Å². The zero-order chi connectivity index (χ0) is 14.2. The molecule has 2 rings (SSSR count). The highest BCUT2D eigenvalue weighted by atomic mass is 35.5. The molecule has 1 fully saturated rings. The summed E-state index contributed by atoms with van der Waals surface area (Å²) in [5, 5.41) is 9.83. The summed E-state index contributed by atoms with van der Waals surface area (Å²) in [5.41, 5.74) is 0.208. The number of halogens is 1. The first-order valence-electron chi connectivity index (χ1n) is 6.18. The van der Waals surface area contributed by atoms with Gasteiger partial charge in [-0.25, -0.2) is 4.79 Å². The number of carboxylic acid groups (broad SMARTS) is 1. The van der Waals surface area contributed by atoms with E-state index in [1.165, 1.54) is 4.90 Å². The minimum Gasteiger partial charge on any atom is -0.480 e. The van der Waals surface area contributed by atoms with Crippen molar-refractivity contribution in [3.63, 3.8) is 0 Å². The Hall–Kier alpha value is -1.55. The van der Waals surface area contributed by atoms with Crippen LogP contribution < -0.4 is 0 Å². The Morgan fingerprint density at radius 2 is 2.11 bits per heavy atom. The molecular weight excluding hydrogens is 266 g/mol. The lowest BCUT2D eigenvalue weighted by atomic mass is 9.98. The van der Waals surface area contributed by atoms with E-state index in [-0.39, 0.29) is 5.91 Å². The molecule has 0 unspecified atom stereocenters. The normalized spacial score (nSPS) is 22.6. The van der Waals surface area contributed by atoms with Gasteiger partial charge in [0.25, 0.3) is 5.91 Å². The highest BCUT2D eigenvalue weighted by Crippen LogP contribution is 2.31. The van der Waals surface area contributed by atoms with Crippen LogP contribution in [0.1, 0.15) is 35.7 Å². The molecular formula is C14H16ClNO3. The van der Waals surface area contributed by atoms with E-state index >= 15 is 0 Å². The van der Waals surface area contributed by atoms with Crippen molar-refractivity contribution in [2.45, 2.75) is 32.2 Å². The third-order valence-electron chi connectivity index (χ3n) is 3.77. The Bertz CT molecular complexity index is 543. The number of likely N-dealkylation sites (tertiary alicyclic amines) is 1. The second-order valence-corrected chi connectivity index (χ2v) is 5.51. The maximum absolute atomic E-state index is 12.4. The minimum atomic E-state index is -1.12. The van der Waals surface area contributed by atoms with Gasteiger partial charge in [0, 0.05) is 17.1 Å². The predicted molar refractivity (Wildman–Crippen MR) is 72.5 cm³/mol.